The van der Waals surface area contributed by atoms with Crippen LogP contribution in [0.1, 0.15) is 26.2 Å². The number of carbonyl (C=O) groups excluding carboxylic acids is 1. The Labute approximate surface area is 136 Å². The molecule has 2 heterocycles. The van der Waals surface area contributed by atoms with Crippen LogP contribution in [0.2, 0.25) is 0 Å². The number of hydrogen-bond acceptors (Lipinski definition) is 5. The normalized spacial score (nSPS) is 23.3. The summed E-state index contributed by atoms with van der Waals surface area (Å²) in [5.74, 6) is 0.773. The first-order valence-corrected chi connectivity index (χ1v) is 8.35. The molecule has 1 saturated heterocycles. The quantitative estimate of drug-likeness (QED) is 0.805. The van der Waals surface area contributed by atoms with Gasteiger partial charge in [-0.15, -0.1) is 0 Å². The van der Waals surface area contributed by atoms with Crippen molar-refractivity contribution in [3.8, 4) is 5.75 Å². The van der Waals surface area contributed by atoms with E-state index in [9.17, 15) is 4.79 Å². The molecule has 0 saturated carbocycles. The van der Waals surface area contributed by atoms with Crippen molar-refractivity contribution in [2.45, 2.75) is 38.4 Å². The van der Waals surface area contributed by atoms with E-state index in [0.717, 1.165) is 37.3 Å². The van der Waals surface area contributed by atoms with Gasteiger partial charge in [-0.25, -0.2) is 0 Å². The number of carbonyl (C=O) groups is 1. The molecule has 0 aromatic heterocycles. The molecule has 0 aliphatic carbocycles. The minimum atomic E-state index is 0.0139. The summed E-state index contributed by atoms with van der Waals surface area (Å²) < 4.78 is 11.5. The van der Waals surface area contributed by atoms with Gasteiger partial charge in [0.1, 0.15) is 11.9 Å². The Balaban J connectivity index is 1.63. The maximum absolute atomic E-state index is 12.3. The number of nitrogens with two attached hydrogens (primary N) is 1. The van der Waals surface area contributed by atoms with E-state index in [-0.39, 0.29) is 18.1 Å². The van der Waals surface area contributed by atoms with Crippen LogP contribution in [0.5, 0.6) is 5.75 Å². The molecule has 2 unspecified atom stereocenters. The van der Waals surface area contributed by atoms with E-state index in [1.54, 1.807) is 0 Å². The van der Waals surface area contributed by atoms with Gasteiger partial charge in [-0.2, -0.15) is 0 Å². The van der Waals surface area contributed by atoms with Crippen LogP contribution in [0.15, 0.2) is 18.2 Å². The highest BCUT2D eigenvalue weighted by Gasteiger charge is 2.26. The van der Waals surface area contributed by atoms with Crippen molar-refractivity contribution in [3.05, 3.63) is 18.2 Å². The number of ether oxygens (including phenoxy) is 2. The molecule has 23 heavy (non-hydrogen) atoms. The van der Waals surface area contributed by atoms with Crippen LogP contribution in [0.3, 0.4) is 0 Å². The van der Waals surface area contributed by atoms with Crippen molar-refractivity contribution in [2.24, 2.45) is 0 Å². The van der Waals surface area contributed by atoms with Gasteiger partial charge < -0.3 is 25.4 Å². The number of fused-ring (bicyclic) bond motifs is 1. The number of benzene rings is 1. The fraction of sp³-hybridized carbons (Fsp3) is 0.588. The standard InChI is InChI=1S/C17H25N3O3/c1-2-13-10-20(15-6-5-12(18)8-16(15)23-13)11-17(21)19-9-14-4-3-7-22-14/h5-6,8,13-14H,2-4,7,9-11,18H2,1H3,(H,19,21). The van der Waals surface area contributed by atoms with Gasteiger partial charge in [0.15, 0.2) is 0 Å². The molecule has 1 amide bonds. The van der Waals surface area contributed by atoms with Crippen LogP contribution in [-0.2, 0) is 9.53 Å². The second kappa shape index (κ2) is 7.08. The van der Waals surface area contributed by atoms with Gasteiger partial charge in [-0.1, -0.05) is 6.92 Å². The largest absolute Gasteiger partial charge is 0.486 e. The van der Waals surface area contributed by atoms with Gasteiger partial charge in [-0.05, 0) is 31.4 Å². The average molecular weight is 319 g/mol. The van der Waals surface area contributed by atoms with E-state index >= 15 is 0 Å². The third-order valence-corrected chi connectivity index (χ3v) is 4.38. The van der Waals surface area contributed by atoms with Gasteiger partial charge in [0.25, 0.3) is 0 Å². The molecular formula is C17H25N3O3. The van der Waals surface area contributed by atoms with Gasteiger partial charge in [0, 0.05) is 24.9 Å². The van der Waals surface area contributed by atoms with E-state index in [2.05, 4.69) is 17.1 Å². The highest BCUT2D eigenvalue weighted by molar-refractivity contribution is 5.82. The van der Waals surface area contributed by atoms with Crippen molar-refractivity contribution >= 4 is 17.3 Å². The molecule has 126 valence electrons. The fourth-order valence-electron chi connectivity index (χ4n) is 3.07. The molecule has 3 N–H and O–H groups in total. The van der Waals surface area contributed by atoms with Crippen molar-refractivity contribution < 1.29 is 14.3 Å². The molecule has 3 rings (SSSR count). The van der Waals surface area contributed by atoms with Crippen LogP contribution < -0.4 is 20.7 Å². The van der Waals surface area contributed by atoms with E-state index < -0.39 is 0 Å². The molecule has 0 spiro atoms. The lowest BCUT2D eigenvalue weighted by atomic mass is 10.1. The Bertz CT molecular complexity index is 558. The molecule has 0 radical (unpaired) electrons. The van der Waals surface area contributed by atoms with Crippen molar-refractivity contribution in [3.63, 3.8) is 0 Å². The van der Waals surface area contributed by atoms with Crippen molar-refractivity contribution in [1.29, 1.82) is 0 Å². The zero-order chi connectivity index (χ0) is 16.2. The first kappa shape index (κ1) is 15.9. The molecule has 2 atom stereocenters. The van der Waals surface area contributed by atoms with Crippen molar-refractivity contribution in [2.75, 3.05) is 36.9 Å². The number of rotatable bonds is 5. The Kier molecular flexibility index (Phi) is 4.91. The molecule has 2 aliphatic rings. The predicted molar refractivity (Wildman–Crippen MR) is 89.8 cm³/mol. The van der Waals surface area contributed by atoms with Crippen LogP contribution in [0.25, 0.3) is 0 Å². The van der Waals surface area contributed by atoms with Crippen molar-refractivity contribution in [1.82, 2.24) is 5.32 Å². The minimum Gasteiger partial charge on any atom is -0.486 e. The Morgan fingerprint density at radius 1 is 1.43 bits per heavy atom. The topological polar surface area (TPSA) is 76.8 Å². The highest BCUT2D eigenvalue weighted by Crippen LogP contribution is 2.35. The zero-order valence-electron chi connectivity index (χ0n) is 13.6. The van der Waals surface area contributed by atoms with Gasteiger partial charge in [-0.3, -0.25) is 4.79 Å². The number of anilines is 2. The smallest absolute Gasteiger partial charge is 0.239 e. The maximum atomic E-state index is 12.3. The van der Waals surface area contributed by atoms with E-state index in [1.165, 1.54) is 0 Å². The number of nitrogens with zero attached hydrogens (tertiary/aromatic N) is 1. The lowest BCUT2D eigenvalue weighted by molar-refractivity contribution is -0.120. The molecule has 1 aromatic rings. The summed E-state index contributed by atoms with van der Waals surface area (Å²) >= 11 is 0. The number of hydrogen-bond donors (Lipinski definition) is 2. The Morgan fingerprint density at radius 3 is 3.04 bits per heavy atom. The summed E-state index contributed by atoms with van der Waals surface area (Å²) in [6.07, 6.45) is 3.24. The Morgan fingerprint density at radius 2 is 2.30 bits per heavy atom. The summed E-state index contributed by atoms with van der Waals surface area (Å²) in [4.78, 5) is 14.3. The predicted octanol–water partition coefficient (Wildman–Crippen LogP) is 1.54. The third-order valence-electron chi connectivity index (χ3n) is 4.38. The van der Waals surface area contributed by atoms with Gasteiger partial charge in [0.2, 0.25) is 5.91 Å². The number of nitrogen functional groups attached to an aromatic ring is 1. The van der Waals surface area contributed by atoms with Gasteiger partial charge >= 0.3 is 0 Å². The number of amides is 1. The SMILES string of the molecule is CCC1CN(CC(=O)NCC2CCCO2)c2ccc(N)cc2O1. The second-order valence-electron chi connectivity index (χ2n) is 6.19. The number of nitrogens with one attached hydrogen (secondary N) is 1. The summed E-state index contributed by atoms with van der Waals surface area (Å²) in [6, 6.07) is 5.59. The summed E-state index contributed by atoms with van der Waals surface area (Å²) in [6.45, 7) is 4.51. The third kappa shape index (κ3) is 3.88. The molecule has 6 nitrogen and oxygen atoms in total. The zero-order valence-corrected chi connectivity index (χ0v) is 13.6. The van der Waals surface area contributed by atoms with Gasteiger partial charge in [0.05, 0.1) is 24.9 Å². The maximum Gasteiger partial charge on any atom is 0.239 e. The lowest BCUT2D eigenvalue weighted by Gasteiger charge is -2.35. The van der Waals surface area contributed by atoms with Crippen LogP contribution >= 0.6 is 0 Å². The first-order valence-electron chi connectivity index (χ1n) is 8.35. The van der Waals surface area contributed by atoms with Crippen LogP contribution in [0, 0.1) is 0 Å². The molecular weight excluding hydrogens is 294 g/mol. The summed E-state index contributed by atoms with van der Waals surface area (Å²) in [7, 11) is 0. The molecule has 0 bridgehead atoms. The van der Waals surface area contributed by atoms with E-state index in [1.807, 2.05) is 18.2 Å². The van der Waals surface area contributed by atoms with E-state index in [4.69, 9.17) is 15.2 Å². The monoisotopic (exact) mass is 319 g/mol. The minimum absolute atomic E-state index is 0.0139. The highest BCUT2D eigenvalue weighted by atomic mass is 16.5. The fourth-order valence-corrected chi connectivity index (χ4v) is 3.07. The molecule has 1 fully saturated rings. The molecule has 2 aliphatic heterocycles. The van der Waals surface area contributed by atoms with Crippen LogP contribution in [0.4, 0.5) is 11.4 Å². The Hall–Kier alpha value is -1.95. The summed E-state index contributed by atoms with van der Waals surface area (Å²) in [5, 5.41) is 2.98. The second-order valence-corrected chi connectivity index (χ2v) is 6.19. The average Bonchev–Trinajstić information content (AvgIpc) is 3.05. The first-order chi connectivity index (χ1) is 11.2. The van der Waals surface area contributed by atoms with E-state index in [0.29, 0.717) is 25.3 Å². The van der Waals surface area contributed by atoms with Crippen LogP contribution in [-0.4, -0.2) is 44.4 Å². The lowest BCUT2D eigenvalue weighted by Crippen LogP contribution is -2.46. The molecule has 1 aromatic carbocycles. The summed E-state index contributed by atoms with van der Waals surface area (Å²) in [5.41, 5.74) is 7.44. The molecule has 6 heteroatoms.